The number of hydrogen-bond acceptors (Lipinski definition) is 3. The predicted molar refractivity (Wildman–Crippen MR) is 117 cm³/mol. The molecule has 0 fully saturated rings. The lowest BCUT2D eigenvalue weighted by atomic mass is 10.1. The standard InChI is InChI=1S/C23H48N2O2/c1-4-5-6-7-8-9-10-11-12-13-14-16-21-27-22-17-15-18-23(26)24-19-20-25(2)3/h4-22H2,1-3H3,(H,24,26). The largest absolute Gasteiger partial charge is 0.381 e. The van der Waals surface area contributed by atoms with E-state index in [1.807, 2.05) is 14.1 Å². The second-order valence-corrected chi connectivity index (χ2v) is 8.11. The SMILES string of the molecule is CCCCCCCCCCCCCCOCCCCC(=O)NCCN(C)C. The van der Waals surface area contributed by atoms with Gasteiger partial charge in [-0.3, -0.25) is 4.79 Å². The minimum atomic E-state index is 0.165. The van der Waals surface area contributed by atoms with Gasteiger partial charge in [0.25, 0.3) is 0 Å². The van der Waals surface area contributed by atoms with Gasteiger partial charge in [-0.15, -0.1) is 0 Å². The van der Waals surface area contributed by atoms with E-state index in [1.54, 1.807) is 0 Å². The molecule has 1 N–H and O–H groups in total. The minimum absolute atomic E-state index is 0.165. The summed E-state index contributed by atoms with van der Waals surface area (Å²) < 4.78 is 5.68. The molecule has 0 atom stereocenters. The van der Waals surface area contributed by atoms with Crippen LogP contribution in [0.5, 0.6) is 0 Å². The van der Waals surface area contributed by atoms with Crippen LogP contribution in [0, 0.1) is 0 Å². The Morgan fingerprint density at radius 1 is 0.741 bits per heavy atom. The van der Waals surface area contributed by atoms with Gasteiger partial charge in [0, 0.05) is 32.7 Å². The van der Waals surface area contributed by atoms with E-state index >= 15 is 0 Å². The molecule has 0 aliphatic carbocycles. The Hall–Kier alpha value is -0.610. The molecule has 0 heterocycles. The van der Waals surface area contributed by atoms with Gasteiger partial charge in [-0.2, -0.15) is 0 Å². The lowest BCUT2D eigenvalue weighted by molar-refractivity contribution is -0.121. The van der Waals surface area contributed by atoms with Gasteiger partial charge in [-0.05, 0) is 33.4 Å². The van der Waals surface area contributed by atoms with E-state index in [0.717, 1.165) is 39.1 Å². The zero-order valence-electron chi connectivity index (χ0n) is 18.7. The predicted octanol–water partition coefficient (Wildman–Crippen LogP) is 5.55. The molecule has 0 aromatic carbocycles. The monoisotopic (exact) mass is 384 g/mol. The Morgan fingerprint density at radius 3 is 1.74 bits per heavy atom. The van der Waals surface area contributed by atoms with Gasteiger partial charge in [0.1, 0.15) is 0 Å². The van der Waals surface area contributed by atoms with Crippen molar-refractivity contribution in [1.82, 2.24) is 10.2 Å². The number of nitrogens with zero attached hydrogens (tertiary/aromatic N) is 1. The van der Waals surface area contributed by atoms with Crippen LogP contribution < -0.4 is 5.32 Å². The highest BCUT2D eigenvalue weighted by Crippen LogP contribution is 2.11. The lowest BCUT2D eigenvalue weighted by Crippen LogP contribution is -2.31. The van der Waals surface area contributed by atoms with Crippen molar-refractivity contribution in [2.24, 2.45) is 0 Å². The summed E-state index contributed by atoms with van der Waals surface area (Å²) >= 11 is 0. The highest BCUT2D eigenvalue weighted by atomic mass is 16.5. The fraction of sp³-hybridized carbons (Fsp3) is 0.957. The highest BCUT2D eigenvalue weighted by Gasteiger charge is 2.01. The number of ether oxygens (including phenoxy) is 1. The third-order valence-electron chi connectivity index (χ3n) is 4.97. The molecule has 0 spiro atoms. The normalized spacial score (nSPS) is 11.3. The maximum Gasteiger partial charge on any atom is 0.220 e. The molecule has 0 saturated heterocycles. The Balaban J connectivity index is 3.09. The average molecular weight is 385 g/mol. The van der Waals surface area contributed by atoms with Gasteiger partial charge in [0.15, 0.2) is 0 Å². The summed E-state index contributed by atoms with van der Waals surface area (Å²) in [5, 5.41) is 2.95. The van der Waals surface area contributed by atoms with Crippen molar-refractivity contribution in [3.8, 4) is 0 Å². The molecule has 0 aromatic heterocycles. The third kappa shape index (κ3) is 23.4. The van der Waals surface area contributed by atoms with Crippen LogP contribution >= 0.6 is 0 Å². The van der Waals surface area contributed by atoms with Crippen LogP contribution in [-0.2, 0) is 9.53 Å². The number of carbonyl (C=O) groups is 1. The second kappa shape index (κ2) is 21.7. The van der Waals surface area contributed by atoms with E-state index in [-0.39, 0.29) is 5.91 Å². The molecule has 0 bridgehead atoms. The number of carbonyl (C=O) groups excluding carboxylic acids is 1. The molecular formula is C23H48N2O2. The van der Waals surface area contributed by atoms with Gasteiger partial charge >= 0.3 is 0 Å². The molecule has 4 nitrogen and oxygen atoms in total. The number of unbranched alkanes of at least 4 members (excludes halogenated alkanes) is 12. The molecule has 162 valence electrons. The highest BCUT2D eigenvalue weighted by molar-refractivity contribution is 5.75. The number of nitrogens with one attached hydrogen (secondary N) is 1. The van der Waals surface area contributed by atoms with Crippen LogP contribution in [0.2, 0.25) is 0 Å². The van der Waals surface area contributed by atoms with E-state index in [4.69, 9.17) is 4.74 Å². The first-order valence-electron chi connectivity index (χ1n) is 11.7. The molecule has 0 aliphatic heterocycles. The average Bonchev–Trinajstić information content (AvgIpc) is 2.64. The van der Waals surface area contributed by atoms with Crippen LogP contribution in [0.3, 0.4) is 0 Å². The third-order valence-corrected chi connectivity index (χ3v) is 4.97. The Morgan fingerprint density at radius 2 is 1.22 bits per heavy atom. The van der Waals surface area contributed by atoms with Crippen molar-refractivity contribution in [2.75, 3.05) is 40.4 Å². The number of rotatable bonds is 21. The summed E-state index contributed by atoms with van der Waals surface area (Å²) in [5.74, 6) is 0.165. The smallest absolute Gasteiger partial charge is 0.220 e. The van der Waals surface area contributed by atoms with Gasteiger partial charge in [-0.1, -0.05) is 77.6 Å². The van der Waals surface area contributed by atoms with Crippen molar-refractivity contribution in [2.45, 2.75) is 103 Å². The first kappa shape index (κ1) is 26.4. The zero-order chi connectivity index (χ0) is 20.0. The molecule has 27 heavy (non-hydrogen) atoms. The maximum absolute atomic E-state index is 11.6. The van der Waals surface area contributed by atoms with E-state index < -0.39 is 0 Å². The van der Waals surface area contributed by atoms with E-state index in [0.29, 0.717) is 6.42 Å². The quantitative estimate of drug-likeness (QED) is 0.264. The molecule has 0 rings (SSSR count). The fourth-order valence-electron chi connectivity index (χ4n) is 3.14. The number of likely N-dealkylation sites (N-methyl/N-ethyl adjacent to an activating group) is 1. The molecule has 4 heteroatoms. The Labute approximate surface area is 169 Å². The van der Waals surface area contributed by atoms with Crippen molar-refractivity contribution < 1.29 is 9.53 Å². The molecule has 0 unspecified atom stereocenters. The summed E-state index contributed by atoms with van der Waals surface area (Å²) in [7, 11) is 4.03. The van der Waals surface area contributed by atoms with Gasteiger partial charge < -0.3 is 15.0 Å². The zero-order valence-corrected chi connectivity index (χ0v) is 18.7. The van der Waals surface area contributed by atoms with Crippen LogP contribution in [-0.4, -0.2) is 51.2 Å². The molecular weight excluding hydrogens is 336 g/mol. The van der Waals surface area contributed by atoms with Gasteiger partial charge in [-0.25, -0.2) is 0 Å². The van der Waals surface area contributed by atoms with Crippen LogP contribution in [0.1, 0.15) is 103 Å². The van der Waals surface area contributed by atoms with Gasteiger partial charge in [0.2, 0.25) is 5.91 Å². The molecule has 0 aliphatic rings. The van der Waals surface area contributed by atoms with Crippen molar-refractivity contribution in [3.05, 3.63) is 0 Å². The Bertz CT molecular complexity index is 309. The number of hydrogen-bond donors (Lipinski definition) is 1. The van der Waals surface area contributed by atoms with E-state index in [2.05, 4.69) is 17.1 Å². The summed E-state index contributed by atoms with van der Waals surface area (Å²) in [4.78, 5) is 13.7. The summed E-state index contributed by atoms with van der Waals surface area (Å²) in [5.41, 5.74) is 0. The summed E-state index contributed by atoms with van der Waals surface area (Å²) in [6.07, 6.45) is 19.1. The molecule has 1 amide bonds. The molecule has 0 aromatic rings. The second-order valence-electron chi connectivity index (χ2n) is 8.11. The topological polar surface area (TPSA) is 41.6 Å². The minimum Gasteiger partial charge on any atom is -0.381 e. The van der Waals surface area contributed by atoms with Crippen LogP contribution in [0.15, 0.2) is 0 Å². The fourth-order valence-corrected chi connectivity index (χ4v) is 3.14. The molecule has 0 radical (unpaired) electrons. The van der Waals surface area contributed by atoms with E-state index in [1.165, 1.54) is 77.0 Å². The van der Waals surface area contributed by atoms with Crippen LogP contribution in [0.25, 0.3) is 0 Å². The van der Waals surface area contributed by atoms with Crippen LogP contribution in [0.4, 0.5) is 0 Å². The summed E-state index contributed by atoms with van der Waals surface area (Å²) in [6, 6.07) is 0. The first-order chi connectivity index (χ1) is 13.2. The van der Waals surface area contributed by atoms with Crippen molar-refractivity contribution >= 4 is 5.91 Å². The summed E-state index contributed by atoms with van der Waals surface area (Å²) in [6.45, 7) is 5.59. The first-order valence-corrected chi connectivity index (χ1v) is 11.7. The van der Waals surface area contributed by atoms with E-state index in [9.17, 15) is 4.79 Å². The molecule has 0 saturated carbocycles. The van der Waals surface area contributed by atoms with Gasteiger partial charge in [0.05, 0.1) is 0 Å². The lowest BCUT2D eigenvalue weighted by Gasteiger charge is -2.10. The van der Waals surface area contributed by atoms with Crippen molar-refractivity contribution in [3.63, 3.8) is 0 Å². The Kier molecular flexibility index (Phi) is 21.2. The number of amides is 1. The maximum atomic E-state index is 11.6. The van der Waals surface area contributed by atoms with Crippen molar-refractivity contribution in [1.29, 1.82) is 0 Å².